The van der Waals surface area contributed by atoms with Crippen molar-refractivity contribution in [1.29, 1.82) is 0 Å². The van der Waals surface area contributed by atoms with Gasteiger partial charge < -0.3 is 0 Å². The van der Waals surface area contributed by atoms with Crippen molar-refractivity contribution in [2.24, 2.45) is 0 Å². The second-order valence-corrected chi connectivity index (χ2v) is 2.94. The van der Waals surface area contributed by atoms with Crippen molar-refractivity contribution in [3.05, 3.63) is 18.5 Å². The molecule has 0 bridgehead atoms. The summed E-state index contributed by atoms with van der Waals surface area (Å²) in [6, 6.07) is 0. The van der Waals surface area contributed by atoms with Crippen molar-refractivity contribution in [2.75, 3.05) is 13.1 Å². The molecule has 2 heterocycles. The Hall–Kier alpha value is -1.03. The van der Waals surface area contributed by atoms with Crippen LogP contribution in [0.15, 0.2) is 12.7 Å². The largest absolute Gasteiger partial charge is 0.242 e. The van der Waals surface area contributed by atoms with Crippen LogP contribution >= 0.6 is 0 Å². The molecule has 0 N–H and O–H groups in total. The minimum atomic E-state index is 0.505. The van der Waals surface area contributed by atoms with Crippen molar-refractivity contribution >= 4 is 0 Å². The Morgan fingerprint density at radius 1 is 1.08 bits per heavy atom. The summed E-state index contributed by atoms with van der Waals surface area (Å²) in [6.45, 7) is 1.91. The molecule has 2 rings (SSSR count). The maximum Gasteiger partial charge on any atom is 0.135 e. The molecule has 63 valence electrons. The van der Waals surface area contributed by atoms with Gasteiger partial charge in [-0.05, 0) is 12.8 Å². The lowest BCUT2D eigenvalue weighted by Gasteiger charge is -2.19. The minimum Gasteiger partial charge on any atom is -0.242 e. The molecule has 1 radical (unpaired) electrons. The van der Waals surface area contributed by atoms with Crippen LogP contribution in [0.1, 0.15) is 24.6 Å². The number of hydrogen-bond donors (Lipinski definition) is 0. The maximum atomic E-state index is 4.28. The fourth-order valence-corrected chi connectivity index (χ4v) is 1.47. The zero-order valence-electron chi connectivity index (χ0n) is 6.85. The molecule has 0 unspecified atom stereocenters. The van der Waals surface area contributed by atoms with Crippen LogP contribution in [0, 0.1) is 0 Å². The second kappa shape index (κ2) is 3.58. The minimum absolute atomic E-state index is 0.505. The number of aromatic nitrogens is 3. The summed E-state index contributed by atoms with van der Waals surface area (Å²) in [6.07, 6.45) is 5.30. The third kappa shape index (κ3) is 1.58. The van der Waals surface area contributed by atoms with E-state index in [0.29, 0.717) is 5.92 Å². The smallest absolute Gasteiger partial charge is 0.135 e. The molecule has 0 aromatic carbocycles. The molecule has 1 aliphatic heterocycles. The highest BCUT2D eigenvalue weighted by molar-refractivity contribution is 4.95. The average molecular weight is 163 g/mol. The van der Waals surface area contributed by atoms with E-state index in [9.17, 15) is 0 Å². The first kappa shape index (κ1) is 7.61. The van der Waals surface area contributed by atoms with Crippen LogP contribution in [0.5, 0.6) is 0 Å². The van der Waals surface area contributed by atoms with Gasteiger partial charge in [-0.2, -0.15) is 0 Å². The Bertz CT molecular complexity index is 230. The van der Waals surface area contributed by atoms with E-state index in [-0.39, 0.29) is 0 Å². The lowest BCUT2D eigenvalue weighted by molar-refractivity contribution is 0.437. The Morgan fingerprint density at radius 2 is 1.75 bits per heavy atom. The molecule has 0 amide bonds. The quantitative estimate of drug-likeness (QED) is 0.600. The molecule has 12 heavy (non-hydrogen) atoms. The van der Waals surface area contributed by atoms with Gasteiger partial charge in [0.15, 0.2) is 0 Å². The molecule has 4 heteroatoms. The molecule has 1 fully saturated rings. The van der Waals surface area contributed by atoms with Gasteiger partial charge in [0, 0.05) is 19.0 Å². The van der Waals surface area contributed by atoms with Gasteiger partial charge in [0.25, 0.3) is 0 Å². The van der Waals surface area contributed by atoms with E-state index in [2.05, 4.69) is 20.3 Å². The normalized spacial score (nSPS) is 19.3. The summed E-state index contributed by atoms with van der Waals surface area (Å²) in [7, 11) is 0. The van der Waals surface area contributed by atoms with Crippen molar-refractivity contribution in [3.63, 3.8) is 0 Å². The number of rotatable bonds is 1. The summed E-state index contributed by atoms with van der Waals surface area (Å²) in [5.41, 5.74) is 0. The fourth-order valence-electron chi connectivity index (χ4n) is 1.47. The summed E-state index contributed by atoms with van der Waals surface area (Å²) in [5.74, 6) is 1.44. The van der Waals surface area contributed by atoms with Crippen LogP contribution in [0.3, 0.4) is 0 Å². The monoisotopic (exact) mass is 163 g/mol. The first-order valence-corrected chi connectivity index (χ1v) is 4.22. The second-order valence-electron chi connectivity index (χ2n) is 2.94. The molecule has 4 nitrogen and oxygen atoms in total. The predicted octanol–water partition coefficient (Wildman–Crippen LogP) is 0.353. The molecular formula is C8H11N4. The third-order valence-corrected chi connectivity index (χ3v) is 2.15. The molecule has 0 spiro atoms. The Labute approximate surface area is 71.5 Å². The van der Waals surface area contributed by atoms with E-state index in [1.54, 1.807) is 12.7 Å². The highest BCUT2D eigenvalue weighted by Crippen LogP contribution is 2.20. The summed E-state index contributed by atoms with van der Waals surface area (Å²) in [5, 5.41) is 4.28. The van der Waals surface area contributed by atoms with E-state index in [4.69, 9.17) is 0 Å². The first-order valence-electron chi connectivity index (χ1n) is 4.22. The number of piperidine rings is 1. The predicted molar refractivity (Wildman–Crippen MR) is 43.7 cm³/mol. The van der Waals surface area contributed by atoms with Crippen LogP contribution in [0.25, 0.3) is 0 Å². The van der Waals surface area contributed by atoms with Crippen molar-refractivity contribution in [1.82, 2.24) is 20.3 Å². The fraction of sp³-hybridized carbons (Fsp3) is 0.625. The Kier molecular flexibility index (Phi) is 2.27. The molecular weight excluding hydrogens is 152 g/mol. The molecule has 0 atom stereocenters. The van der Waals surface area contributed by atoms with E-state index in [1.165, 1.54) is 0 Å². The van der Waals surface area contributed by atoms with E-state index >= 15 is 0 Å². The van der Waals surface area contributed by atoms with Crippen molar-refractivity contribution in [3.8, 4) is 0 Å². The summed E-state index contributed by atoms with van der Waals surface area (Å²) >= 11 is 0. The van der Waals surface area contributed by atoms with Crippen LogP contribution < -0.4 is 5.32 Å². The van der Waals surface area contributed by atoms with Gasteiger partial charge in [-0.3, -0.25) is 0 Å². The Morgan fingerprint density at radius 3 is 2.42 bits per heavy atom. The average Bonchev–Trinajstić information content (AvgIpc) is 2.21. The van der Waals surface area contributed by atoms with Crippen molar-refractivity contribution in [2.45, 2.75) is 18.8 Å². The lowest BCUT2D eigenvalue weighted by atomic mass is 9.97. The Balaban J connectivity index is 2.08. The highest BCUT2D eigenvalue weighted by Gasteiger charge is 2.17. The molecule has 1 aromatic heterocycles. The van der Waals surface area contributed by atoms with E-state index < -0.39 is 0 Å². The maximum absolute atomic E-state index is 4.28. The molecule has 0 saturated carbocycles. The topological polar surface area (TPSA) is 52.8 Å². The number of nitrogens with zero attached hydrogens (tertiary/aromatic N) is 4. The van der Waals surface area contributed by atoms with E-state index in [0.717, 1.165) is 31.8 Å². The van der Waals surface area contributed by atoms with Gasteiger partial charge in [0.2, 0.25) is 0 Å². The zero-order chi connectivity index (χ0) is 8.23. The standard InChI is InChI=1S/C8H11N4/c1-3-9-4-2-7(1)8-11-5-10-6-12-8/h5-7H,1-4H2. The summed E-state index contributed by atoms with van der Waals surface area (Å²) < 4.78 is 0. The SMILES string of the molecule is c1ncnc(C2CC[N]CC2)n1. The van der Waals surface area contributed by atoms with E-state index in [1.807, 2.05) is 0 Å². The molecule has 1 aliphatic rings. The van der Waals surface area contributed by atoms with Gasteiger partial charge in [-0.25, -0.2) is 20.3 Å². The number of hydrogen-bond acceptors (Lipinski definition) is 3. The third-order valence-electron chi connectivity index (χ3n) is 2.15. The summed E-state index contributed by atoms with van der Waals surface area (Å²) in [4.78, 5) is 12.1. The van der Waals surface area contributed by atoms with Crippen molar-refractivity contribution < 1.29 is 0 Å². The lowest BCUT2D eigenvalue weighted by Crippen LogP contribution is -2.22. The van der Waals surface area contributed by atoms with Crippen LogP contribution in [-0.4, -0.2) is 28.0 Å². The highest BCUT2D eigenvalue weighted by atomic mass is 15.0. The molecule has 1 aromatic rings. The zero-order valence-corrected chi connectivity index (χ0v) is 6.85. The van der Waals surface area contributed by atoms with Crippen LogP contribution in [0.4, 0.5) is 0 Å². The van der Waals surface area contributed by atoms with Gasteiger partial charge in [0.1, 0.15) is 18.5 Å². The van der Waals surface area contributed by atoms with Gasteiger partial charge >= 0.3 is 0 Å². The molecule has 0 aliphatic carbocycles. The van der Waals surface area contributed by atoms with Crippen LogP contribution in [-0.2, 0) is 0 Å². The molecule has 1 saturated heterocycles. The van der Waals surface area contributed by atoms with Gasteiger partial charge in [-0.1, -0.05) is 0 Å². The van der Waals surface area contributed by atoms with Gasteiger partial charge in [-0.15, -0.1) is 0 Å². The van der Waals surface area contributed by atoms with Gasteiger partial charge in [0.05, 0.1) is 0 Å². The first-order chi connectivity index (χ1) is 5.97. The van der Waals surface area contributed by atoms with Crippen LogP contribution in [0.2, 0.25) is 0 Å².